The fourth-order valence-electron chi connectivity index (χ4n) is 1.35. The van der Waals surface area contributed by atoms with Gasteiger partial charge >= 0.3 is 0 Å². The molecule has 2 N–H and O–H groups in total. The van der Waals surface area contributed by atoms with Gasteiger partial charge in [-0.15, -0.1) is 0 Å². The van der Waals surface area contributed by atoms with Crippen LogP contribution in [-0.2, 0) is 4.74 Å². The van der Waals surface area contributed by atoms with Crippen LogP contribution in [0.3, 0.4) is 0 Å². The maximum Gasteiger partial charge on any atom is 0.224 e. The Hall–Kier alpha value is -1.43. The molecule has 0 aliphatic rings. The number of rotatable bonds is 6. The van der Waals surface area contributed by atoms with Crippen molar-refractivity contribution in [3.05, 3.63) is 12.0 Å². The third kappa shape index (κ3) is 4.14. The highest BCUT2D eigenvalue weighted by molar-refractivity contribution is 5.40. The van der Waals surface area contributed by atoms with Crippen LogP contribution in [-0.4, -0.2) is 35.8 Å². The molecule has 0 saturated heterocycles. The van der Waals surface area contributed by atoms with Gasteiger partial charge in [0.15, 0.2) is 11.6 Å². The van der Waals surface area contributed by atoms with Gasteiger partial charge < -0.3 is 15.4 Å². The molecule has 1 heterocycles. The summed E-state index contributed by atoms with van der Waals surface area (Å²) in [6.45, 7) is 6.87. The van der Waals surface area contributed by atoms with Crippen molar-refractivity contribution >= 4 is 11.8 Å². The van der Waals surface area contributed by atoms with Gasteiger partial charge in [0.1, 0.15) is 0 Å². The van der Waals surface area contributed by atoms with Crippen LogP contribution in [0.5, 0.6) is 0 Å². The van der Waals surface area contributed by atoms with E-state index in [0.29, 0.717) is 19.1 Å². The summed E-state index contributed by atoms with van der Waals surface area (Å²) < 4.78 is 18.9. The summed E-state index contributed by atoms with van der Waals surface area (Å²) in [6, 6.07) is 0. The molecule has 0 aliphatic heterocycles. The smallest absolute Gasteiger partial charge is 0.224 e. The average Bonchev–Trinajstić information content (AvgIpc) is 2.28. The second kappa shape index (κ2) is 5.77. The summed E-state index contributed by atoms with van der Waals surface area (Å²) in [5.74, 6) is 0.0801. The van der Waals surface area contributed by atoms with Gasteiger partial charge in [0, 0.05) is 20.2 Å². The van der Waals surface area contributed by atoms with E-state index in [1.165, 1.54) is 0 Å². The van der Waals surface area contributed by atoms with Gasteiger partial charge in [-0.05, 0) is 20.8 Å². The molecule has 1 aromatic heterocycles. The fraction of sp³-hybridized carbons (Fsp3) is 0.636. The molecular weight excluding hydrogens is 223 g/mol. The van der Waals surface area contributed by atoms with Crippen molar-refractivity contribution in [2.75, 3.05) is 30.8 Å². The number of anilines is 2. The predicted octanol–water partition coefficient (Wildman–Crippen LogP) is 1.88. The molecule has 0 spiro atoms. The van der Waals surface area contributed by atoms with Crippen LogP contribution in [0.25, 0.3) is 0 Å². The molecule has 0 amide bonds. The van der Waals surface area contributed by atoms with Crippen molar-refractivity contribution in [3.8, 4) is 0 Å². The van der Waals surface area contributed by atoms with Crippen LogP contribution >= 0.6 is 0 Å². The highest BCUT2D eigenvalue weighted by atomic mass is 19.1. The Kier molecular flexibility index (Phi) is 4.62. The minimum absolute atomic E-state index is 0.178. The van der Waals surface area contributed by atoms with Crippen molar-refractivity contribution in [1.29, 1.82) is 0 Å². The zero-order chi connectivity index (χ0) is 12.9. The van der Waals surface area contributed by atoms with Crippen molar-refractivity contribution in [2.45, 2.75) is 26.4 Å². The van der Waals surface area contributed by atoms with Gasteiger partial charge in [0.25, 0.3) is 0 Å². The molecular formula is C11H19FN4O. The molecule has 0 atom stereocenters. The Labute approximate surface area is 101 Å². The van der Waals surface area contributed by atoms with E-state index in [9.17, 15) is 4.39 Å². The SMILES string of the molecule is CCOC(C)(C)CNc1nc(NC)ncc1F. The summed E-state index contributed by atoms with van der Waals surface area (Å²) in [5, 5.41) is 5.68. The van der Waals surface area contributed by atoms with Crippen LogP contribution in [0.2, 0.25) is 0 Å². The Balaban J connectivity index is 2.68. The first-order chi connectivity index (χ1) is 7.98. The second-order valence-corrected chi connectivity index (χ2v) is 4.19. The lowest BCUT2D eigenvalue weighted by molar-refractivity contribution is 0.000601. The lowest BCUT2D eigenvalue weighted by Gasteiger charge is -2.25. The van der Waals surface area contributed by atoms with E-state index in [-0.39, 0.29) is 11.4 Å². The van der Waals surface area contributed by atoms with Crippen LogP contribution < -0.4 is 10.6 Å². The van der Waals surface area contributed by atoms with E-state index >= 15 is 0 Å². The number of aromatic nitrogens is 2. The molecule has 0 bridgehead atoms. The summed E-state index contributed by atoms with van der Waals surface area (Å²) in [4.78, 5) is 7.76. The van der Waals surface area contributed by atoms with E-state index in [4.69, 9.17) is 4.74 Å². The quantitative estimate of drug-likeness (QED) is 0.797. The van der Waals surface area contributed by atoms with Crippen molar-refractivity contribution in [1.82, 2.24) is 9.97 Å². The first-order valence-electron chi connectivity index (χ1n) is 5.56. The Morgan fingerprint density at radius 1 is 1.47 bits per heavy atom. The van der Waals surface area contributed by atoms with E-state index in [0.717, 1.165) is 6.20 Å². The molecule has 0 saturated carbocycles. The zero-order valence-corrected chi connectivity index (χ0v) is 10.7. The molecule has 0 fully saturated rings. The molecule has 0 aromatic carbocycles. The standard InChI is InChI=1S/C11H19FN4O/c1-5-17-11(2,3)7-15-9-8(12)6-14-10(13-4)16-9/h6H,5,7H2,1-4H3,(H2,13,14,15,16). The predicted molar refractivity (Wildman–Crippen MR) is 65.7 cm³/mol. The number of ether oxygens (including phenoxy) is 1. The van der Waals surface area contributed by atoms with Crippen molar-refractivity contribution in [3.63, 3.8) is 0 Å². The summed E-state index contributed by atoms with van der Waals surface area (Å²) in [6.07, 6.45) is 1.13. The average molecular weight is 242 g/mol. The summed E-state index contributed by atoms with van der Waals surface area (Å²) in [7, 11) is 1.68. The lowest BCUT2D eigenvalue weighted by Crippen LogP contribution is -2.33. The molecule has 96 valence electrons. The third-order valence-corrected chi connectivity index (χ3v) is 2.18. The molecule has 5 nitrogen and oxygen atoms in total. The Morgan fingerprint density at radius 3 is 2.76 bits per heavy atom. The van der Waals surface area contributed by atoms with E-state index in [2.05, 4.69) is 20.6 Å². The van der Waals surface area contributed by atoms with Crippen LogP contribution in [0.4, 0.5) is 16.2 Å². The van der Waals surface area contributed by atoms with Gasteiger partial charge in [0.2, 0.25) is 5.95 Å². The minimum atomic E-state index is -0.476. The van der Waals surface area contributed by atoms with Crippen LogP contribution in [0.15, 0.2) is 6.20 Å². The molecule has 0 aliphatic carbocycles. The Morgan fingerprint density at radius 2 is 2.18 bits per heavy atom. The number of nitrogens with one attached hydrogen (secondary N) is 2. The zero-order valence-electron chi connectivity index (χ0n) is 10.7. The fourth-order valence-corrected chi connectivity index (χ4v) is 1.35. The molecule has 17 heavy (non-hydrogen) atoms. The molecule has 6 heteroatoms. The third-order valence-electron chi connectivity index (χ3n) is 2.18. The van der Waals surface area contributed by atoms with E-state index in [1.54, 1.807) is 7.05 Å². The minimum Gasteiger partial charge on any atom is -0.374 e. The summed E-state index contributed by atoms with van der Waals surface area (Å²) in [5.41, 5.74) is -0.369. The largest absolute Gasteiger partial charge is 0.374 e. The maximum atomic E-state index is 13.4. The van der Waals surface area contributed by atoms with Crippen LogP contribution in [0.1, 0.15) is 20.8 Å². The van der Waals surface area contributed by atoms with Gasteiger partial charge in [-0.25, -0.2) is 9.37 Å². The highest BCUT2D eigenvalue weighted by Gasteiger charge is 2.18. The molecule has 1 aromatic rings. The first kappa shape index (κ1) is 13.6. The monoisotopic (exact) mass is 242 g/mol. The van der Waals surface area contributed by atoms with E-state index < -0.39 is 5.82 Å². The van der Waals surface area contributed by atoms with Gasteiger partial charge in [-0.1, -0.05) is 0 Å². The van der Waals surface area contributed by atoms with E-state index in [1.807, 2.05) is 20.8 Å². The van der Waals surface area contributed by atoms with Gasteiger partial charge in [-0.3, -0.25) is 0 Å². The highest BCUT2D eigenvalue weighted by Crippen LogP contribution is 2.15. The molecule has 1 rings (SSSR count). The number of hydrogen-bond acceptors (Lipinski definition) is 5. The van der Waals surface area contributed by atoms with Crippen molar-refractivity contribution < 1.29 is 9.13 Å². The normalized spacial score (nSPS) is 11.4. The topological polar surface area (TPSA) is 59.1 Å². The first-order valence-corrected chi connectivity index (χ1v) is 5.56. The second-order valence-electron chi connectivity index (χ2n) is 4.19. The molecule has 0 unspecified atom stereocenters. The van der Waals surface area contributed by atoms with Crippen molar-refractivity contribution in [2.24, 2.45) is 0 Å². The van der Waals surface area contributed by atoms with Gasteiger partial charge in [0.05, 0.1) is 11.8 Å². The number of halogens is 1. The molecule has 0 radical (unpaired) electrons. The lowest BCUT2D eigenvalue weighted by atomic mass is 10.1. The number of hydrogen-bond donors (Lipinski definition) is 2. The maximum absolute atomic E-state index is 13.4. The van der Waals surface area contributed by atoms with Crippen LogP contribution in [0, 0.1) is 5.82 Å². The summed E-state index contributed by atoms with van der Waals surface area (Å²) >= 11 is 0. The number of nitrogens with zero attached hydrogens (tertiary/aromatic N) is 2. The van der Waals surface area contributed by atoms with Gasteiger partial charge in [-0.2, -0.15) is 4.98 Å². The Bertz CT molecular complexity index is 370.